The van der Waals surface area contributed by atoms with E-state index in [4.69, 9.17) is 10.2 Å². The summed E-state index contributed by atoms with van der Waals surface area (Å²) in [7, 11) is 0. The van der Waals surface area contributed by atoms with Gasteiger partial charge >= 0.3 is 0 Å². The predicted octanol–water partition coefficient (Wildman–Crippen LogP) is 0.730. The number of nitrogen functional groups attached to an aromatic ring is 1. The molecule has 0 spiro atoms. The third-order valence-corrected chi connectivity index (χ3v) is 6.53. The van der Waals surface area contributed by atoms with Crippen molar-refractivity contribution in [2.45, 2.75) is 32.0 Å². The van der Waals surface area contributed by atoms with E-state index in [0.717, 1.165) is 55.2 Å². The van der Waals surface area contributed by atoms with E-state index in [9.17, 15) is 4.79 Å². The second kappa shape index (κ2) is 7.95. The summed E-state index contributed by atoms with van der Waals surface area (Å²) >= 11 is 0. The lowest BCUT2D eigenvalue weighted by atomic mass is 9.75. The fourth-order valence-electron chi connectivity index (χ4n) is 4.98. The van der Waals surface area contributed by atoms with Gasteiger partial charge in [-0.25, -0.2) is 4.68 Å². The van der Waals surface area contributed by atoms with Crippen molar-refractivity contribution in [3.63, 3.8) is 0 Å². The van der Waals surface area contributed by atoms with Gasteiger partial charge in [0.15, 0.2) is 0 Å². The average Bonchev–Trinajstić information content (AvgIpc) is 3.45. The van der Waals surface area contributed by atoms with Gasteiger partial charge in [-0.1, -0.05) is 17.3 Å². The molecule has 1 unspecified atom stereocenters. The molecule has 3 saturated heterocycles. The van der Waals surface area contributed by atoms with Crippen LogP contribution in [0.3, 0.4) is 0 Å². The first kappa shape index (κ1) is 18.9. The molecule has 156 valence electrons. The standard InChI is InChI=1S/C22H26N6O2/c23-17-4-1-3-16(9-17)21-14-28(26-25-21)12-18-10-15-6-7-27(18)13-20(15)22(29)24-11-19-5-2-8-30-19/h1-5,8-9,14-15,18,20H,6-7,10-13,23H2,(H,24,29)/p+1/t15-,18-,20+/m1/s1. The molecule has 8 heteroatoms. The van der Waals surface area contributed by atoms with Crippen LogP contribution in [0, 0.1) is 11.8 Å². The number of carbonyl (C=O) groups excluding carboxylic acids is 1. The lowest BCUT2D eigenvalue weighted by Crippen LogP contribution is -3.20. The van der Waals surface area contributed by atoms with Crippen molar-refractivity contribution in [1.82, 2.24) is 20.3 Å². The number of nitrogens with two attached hydrogens (primary N) is 1. The zero-order chi connectivity index (χ0) is 20.5. The Labute approximate surface area is 175 Å². The topological polar surface area (TPSA) is 103 Å². The maximum Gasteiger partial charge on any atom is 0.229 e. The minimum atomic E-state index is 0.0820. The molecule has 6 rings (SSSR count). The molecule has 1 amide bonds. The van der Waals surface area contributed by atoms with Crippen molar-refractivity contribution in [1.29, 1.82) is 0 Å². The number of furan rings is 1. The fourth-order valence-corrected chi connectivity index (χ4v) is 4.98. The van der Waals surface area contributed by atoms with E-state index in [1.807, 2.05) is 47.3 Å². The van der Waals surface area contributed by atoms with E-state index in [0.29, 0.717) is 18.5 Å². The van der Waals surface area contributed by atoms with Crippen LogP contribution in [0.1, 0.15) is 18.6 Å². The van der Waals surface area contributed by atoms with E-state index < -0.39 is 0 Å². The molecule has 0 radical (unpaired) electrons. The number of nitrogens with one attached hydrogen (secondary N) is 2. The molecule has 2 aromatic heterocycles. The van der Waals surface area contributed by atoms with Gasteiger partial charge in [-0.05, 0) is 30.2 Å². The van der Waals surface area contributed by atoms with Crippen LogP contribution in [-0.4, -0.2) is 40.0 Å². The highest BCUT2D eigenvalue weighted by Crippen LogP contribution is 2.28. The number of carbonyl (C=O) groups is 1. The number of aromatic nitrogens is 3. The van der Waals surface area contributed by atoms with Crippen LogP contribution in [0.5, 0.6) is 0 Å². The second-order valence-corrected chi connectivity index (χ2v) is 8.45. The maximum atomic E-state index is 12.7. The first-order valence-electron chi connectivity index (χ1n) is 10.6. The SMILES string of the molecule is Nc1cccc(-c2cn(C[C@H]3C[C@H]4CC[NH+]3C[C@@H]4C(=O)NCc3ccco3)nn2)c1. The number of benzene rings is 1. The lowest BCUT2D eigenvalue weighted by Gasteiger charge is -2.46. The minimum absolute atomic E-state index is 0.0820. The van der Waals surface area contributed by atoms with Crippen molar-refractivity contribution in [2.24, 2.45) is 11.8 Å². The Morgan fingerprint density at radius 1 is 1.33 bits per heavy atom. The zero-order valence-corrected chi connectivity index (χ0v) is 16.8. The minimum Gasteiger partial charge on any atom is -0.467 e. The number of rotatable bonds is 6. The number of anilines is 1. The molecule has 0 saturated carbocycles. The van der Waals surface area contributed by atoms with Crippen molar-refractivity contribution in [3.05, 3.63) is 54.6 Å². The van der Waals surface area contributed by atoms with E-state index in [1.54, 1.807) is 6.26 Å². The number of quaternary nitrogens is 1. The van der Waals surface area contributed by atoms with Gasteiger partial charge in [0.05, 0.1) is 44.6 Å². The van der Waals surface area contributed by atoms with Gasteiger partial charge in [0.25, 0.3) is 0 Å². The van der Waals surface area contributed by atoms with Crippen molar-refractivity contribution in [3.8, 4) is 11.3 Å². The Morgan fingerprint density at radius 2 is 2.27 bits per heavy atom. The number of hydrogen-bond donors (Lipinski definition) is 3. The average molecular weight is 407 g/mol. The van der Waals surface area contributed by atoms with E-state index in [-0.39, 0.29) is 11.8 Å². The van der Waals surface area contributed by atoms with Crippen LogP contribution in [0.2, 0.25) is 0 Å². The summed E-state index contributed by atoms with van der Waals surface area (Å²) in [5, 5.41) is 11.7. The van der Waals surface area contributed by atoms with E-state index in [1.165, 1.54) is 4.90 Å². The van der Waals surface area contributed by atoms with Crippen molar-refractivity contribution in [2.75, 3.05) is 18.8 Å². The Morgan fingerprint density at radius 3 is 3.03 bits per heavy atom. The first-order chi connectivity index (χ1) is 14.7. The monoisotopic (exact) mass is 407 g/mol. The van der Waals surface area contributed by atoms with Crippen molar-refractivity contribution < 1.29 is 14.1 Å². The molecule has 3 aliphatic rings. The van der Waals surface area contributed by atoms with Gasteiger partial charge in [0.2, 0.25) is 5.91 Å². The Hall–Kier alpha value is -3.13. The van der Waals surface area contributed by atoms with Crippen LogP contribution in [-0.2, 0) is 17.9 Å². The molecule has 1 aromatic carbocycles. The Bertz CT molecular complexity index is 1010. The van der Waals surface area contributed by atoms with Crippen LogP contribution >= 0.6 is 0 Å². The molecule has 4 atom stereocenters. The summed E-state index contributed by atoms with van der Waals surface area (Å²) in [5.74, 6) is 1.45. The van der Waals surface area contributed by atoms with Gasteiger partial charge in [-0.15, -0.1) is 5.10 Å². The summed E-state index contributed by atoms with van der Waals surface area (Å²) < 4.78 is 7.25. The second-order valence-electron chi connectivity index (χ2n) is 8.45. The first-order valence-corrected chi connectivity index (χ1v) is 10.6. The van der Waals surface area contributed by atoms with E-state index >= 15 is 0 Å². The van der Waals surface area contributed by atoms with Gasteiger partial charge in [0.1, 0.15) is 17.5 Å². The number of fused-ring (bicyclic) bond motifs is 3. The van der Waals surface area contributed by atoms with Crippen LogP contribution in [0.25, 0.3) is 11.3 Å². The maximum absolute atomic E-state index is 12.7. The molecule has 3 aliphatic heterocycles. The van der Waals surface area contributed by atoms with Gasteiger partial charge < -0.3 is 20.4 Å². The molecule has 5 heterocycles. The molecule has 4 N–H and O–H groups in total. The molecular weight excluding hydrogens is 380 g/mol. The molecule has 8 nitrogen and oxygen atoms in total. The summed E-state index contributed by atoms with van der Waals surface area (Å²) in [5.41, 5.74) is 8.42. The molecule has 0 aliphatic carbocycles. The highest BCUT2D eigenvalue weighted by molar-refractivity contribution is 5.79. The lowest BCUT2D eigenvalue weighted by molar-refractivity contribution is -0.945. The number of amides is 1. The van der Waals surface area contributed by atoms with E-state index in [2.05, 4.69) is 15.6 Å². The smallest absolute Gasteiger partial charge is 0.229 e. The largest absolute Gasteiger partial charge is 0.467 e. The molecular formula is C22H27N6O2+. The van der Waals surface area contributed by atoms with Gasteiger partial charge in [0, 0.05) is 24.1 Å². The van der Waals surface area contributed by atoms with Crippen LogP contribution < -0.4 is 16.0 Å². The third-order valence-electron chi connectivity index (χ3n) is 6.53. The van der Waals surface area contributed by atoms with Gasteiger partial charge in [-0.2, -0.15) is 0 Å². The Balaban J connectivity index is 1.20. The molecule has 30 heavy (non-hydrogen) atoms. The number of nitrogens with zero attached hydrogens (tertiary/aromatic N) is 3. The number of hydrogen-bond acceptors (Lipinski definition) is 5. The highest BCUT2D eigenvalue weighted by Gasteiger charge is 2.46. The quantitative estimate of drug-likeness (QED) is 0.523. The molecule has 3 fully saturated rings. The summed E-state index contributed by atoms with van der Waals surface area (Å²) in [6.07, 6.45) is 5.77. The predicted molar refractivity (Wildman–Crippen MR) is 111 cm³/mol. The van der Waals surface area contributed by atoms with Gasteiger partial charge in [-0.3, -0.25) is 4.79 Å². The zero-order valence-electron chi connectivity index (χ0n) is 16.8. The summed E-state index contributed by atoms with van der Waals surface area (Å²) in [6, 6.07) is 11.9. The highest BCUT2D eigenvalue weighted by atomic mass is 16.3. The van der Waals surface area contributed by atoms with Crippen molar-refractivity contribution >= 4 is 11.6 Å². The summed E-state index contributed by atoms with van der Waals surface area (Å²) in [6.45, 7) is 3.28. The fraction of sp³-hybridized carbons (Fsp3) is 0.409. The molecule has 2 bridgehead atoms. The van der Waals surface area contributed by atoms with Crippen LogP contribution in [0.15, 0.2) is 53.3 Å². The van der Waals surface area contributed by atoms with Crippen LogP contribution in [0.4, 0.5) is 5.69 Å². The summed E-state index contributed by atoms with van der Waals surface area (Å²) in [4.78, 5) is 14.2. The Kier molecular flexibility index (Phi) is 5.00. The third kappa shape index (κ3) is 3.82. The number of piperidine rings is 3. The normalized spacial score (nSPS) is 25.3. The molecule has 3 aromatic rings.